The van der Waals surface area contributed by atoms with E-state index in [9.17, 15) is 4.79 Å². The maximum Gasteiger partial charge on any atom is 0.338 e. The lowest BCUT2D eigenvalue weighted by atomic mass is 10.2. The highest BCUT2D eigenvalue weighted by Crippen LogP contribution is 2.20. The molecule has 2 heterocycles. The van der Waals surface area contributed by atoms with Crippen LogP contribution in [0.2, 0.25) is 0 Å². The Morgan fingerprint density at radius 2 is 2.26 bits per heavy atom. The lowest BCUT2D eigenvalue weighted by molar-refractivity contribution is 0.0699. The Kier molecular flexibility index (Phi) is 2.79. The van der Waals surface area contributed by atoms with E-state index in [0.717, 1.165) is 5.52 Å². The fourth-order valence-corrected chi connectivity index (χ4v) is 2.87. The molecule has 3 aromatic rings. The van der Waals surface area contributed by atoms with Gasteiger partial charge in [0.25, 0.3) is 0 Å². The minimum atomic E-state index is -0.982. The van der Waals surface area contributed by atoms with Crippen molar-refractivity contribution in [1.82, 2.24) is 15.0 Å². The van der Waals surface area contributed by atoms with Crippen molar-refractivity contribution >= 4 is 28.3 Å². The Hall–Kier alpha value is -2.21. The Morgan fingerprint density at radius 1 is 1.42 bits per heavy atom. The van der Waals surface area contributed by atoms with Crippen molar-refractivity contribution in [1.29, 1.82) is 0 Å². The van der Waals surface area contributed by atoms with Crippen LogP contribution in [0.15, 0.2) is 29.6 Å². The molecule has 0 radical (unpaired) electrons. The molecule has 0 spiro atoms. The molecule has 0 atom stereocenters. The van der Waals surface area contributed by atoms with Crippen LogP contribution in [0.3, 0.4) is 0 Å². The lowest BCUT2D eigenvalue weighted by Crippen LogP contribution is -2.01. The van der Waals surface area contributed by atoms with E-state index < -0.39 is 5.97 Å². The zero-order valence-corrected chi connectivity index (χ0v) is 11.0. The number of carboxylic acids is 1. The Balaban J connectivity index is 2.09. The average Bonchev–Trinajstić information content (AvgIpc) is 2.97. The molecule has 1 N–H and O–H groups in total. The van der Waals surface area contributed by atoms with E-state index in [0.29, 0.717) is 12.1 Å². The molecular formula is C13H11N3O2S. The van der Waals surface area contributed by atoms with Gasteiger partial charge in [0.2, 0.25) is 0 Å². The van der Waals surface area contributed by atoms with Crippen molar-refractivity contribution in [3.63, 3.8) is 0 Å². The number of carbonyl (C=O) groups is 1. The van der Waals surface area contributed by atoms with Gasteiger partial charge in [-0.05, 0) is 36.1 Å². The predicted molar refractivity (Wildman–Crippen MR) is 72.6 cm³/mol. The molecule has 0 saturated heterocycles. The van der Waals surface area contributed by atoms with Gasteiger partial charge in [-0.1, -0.05) is 11.3 Å². The minimum absolute atomic E-state index is 0.187. The van der Waals surface area contributed by atoms with Gasteiger partial charge < -0.3 is 5.11 Å². The maximum atomic E-state index is 11.1. The number of aromatic carboxylic acids is 1. The van der Waals surface area contributed by atoms with Gasteiger partial charge in [-0.25, -0.2) is 9.48 Å². The molecule has 0 aliphatic rings. The molecule has 3 rings (SSSR count). The van der Waals surface area contributed by atoms with Crippen molar-refractivity contribution in [2.75, 3.05) is 0 Å². The molecule has 5 nitrogen and oxygen atoms in total. The molecule has 0 bridgehead atoms. The molecule has 6 heteroatoms. The number of nitrogens with zero attached hydrogens (tertiary/aromatic N) is 3. The predicted octanol–water partition coefficient (Wildman–Crippen LogP) is 2.55. The second kappa shape index (κ2) is 4.47. The van der Waals surface area contributed by atoms with Crippen molar-refractivity contribution in [2.24, 2.45) is 0 Å². The number of rotatable bonds is 3. The Morgan fingerprint density at radius 3 is 2.95 bits per heavy atom. The molecule has 96 valence electrons. The largest absolute Gasteiger partial charge is 0.478 e. The van der Waals surface area contributed by atoms with Crippen LogP contribution in [-0.4, -0.2) is 26.1 Å². The highest BCUT2D eigenvalue weighted by Gasteiger charge is 2.14. The molecule has 2 aromatic heterocycles. The number of aromatic nitrogens is 3. The van der Waals surface area contributed by atoms with Crippen LogP contribution in [-0.2, 0) is 6.54 Å². The summed E-state index contributed by atoms with van der Waals surface area (Å²) >= 11 is 1.66. The Bertz CT molecular complexity index is 760. The fourth-order valence-electron chi connectivity index (χ4n) is 1.98. The van der Waals surface area contributed by atoms with Gasteiger partial charge in [0, 0.05) is 4.88 Å². The molecule has 0 unspecified atom stereocenters. The van der Waals surface area contributed by atoms with E-state index in [-0.39, 0.29) is 5.56 Å². The standard InChI is InChI=1S/C13H11N3O2S/c1-8-5-6-19-11(8)7-16-10-4-2-3-9(13(17)18)12(10)14-15-16/h2-6H,7H2,1H3,(H,17,18). The first kappa shape index (κ1) is 11.9. The number of carboxylic acid groups (broad SMARTS) is 1. The van der Waals surface area contributed by atoms with E-state index in [1.54, 1.807) is 28.2 Å². The SMILES string of the molecule is Cc1ccsc1Cn1nnc2c(C(=O)O)cccc21. The van der Waals surface area contributed by atoms with Crippen molar-refractivity contribution in [3.05, 3.63) is 45.6 Å². The minimum Gasteiger partial charge on any atom is -0.478 e. The summed E-state index contributed by atoms with van der Waals surface area (Å²) < 4.78 is 1.74. The number of fused-ring (bicyclic) bond motifs is 1. The van der Waals surface area contributed by atoms with Crippen LogP contribution in [0.25, 0.3) is 11.0 Å². The van der Waals surface area contributed by atoms with Gasteiger partial charge in [-0.15, -0.1) is 16.4 Å². The first-order valence-electron chi connectivity index (χ1n) is 5.75. The summed E-state index contributed by atoms with van der Waals surface area (Å²) in [6.45, 7) is 2.66. The smallest absolute Gasteiger partial charge is 0.338 e. The van der Waals surface area contributed by atoms with Crippen LogP contribution in [0.5, 0.6) is 0 Å². The van der Waals surface area contributed by atoms with Crippen LogP contribution >= 0.6 is 11.3 Å². The van der Waals surface area contributed by atoms with Gasteiger partial charge >= 0.3 is 5.97 Å². The quantitative estimate of drug-likeness (QED) is 0.796. The van der Waals surface area contributed by atoms with E-state index in [1.807, 2.05) is 18.4 Å². The van der Waals surface area contributed by atoms with E-state index in [2.05, 4.69) is 16.4 Å². The van der Waals surface area contributed by atoms with E-state index in [1.165, 1.54) is 10.4 Å². The fraction of sp³-hybridized carbons (Fsp3) is 0.154. The van der Waals surface area contributed by atoms with Gasteiger partial charge in [0.05, 0.1) is 17.6 Å². The second-order valence-electron chi connectivity index (χ2n) is 4.25. The molecule has 0 aliphatic heterocycles. The third-order valence-electron chi connectivity index (χ3n) is 3.04. The van der Waals surface area contributed by atoms with E-state index in [4.69, 9.17) is 5.11 Å². The molecule has 0 aliphatic carbocycles. The number of hydrogen-bond donors (Lipinski definition) is 1. The van der Waals surface area contributed by atoms with Crippen LogP contribution in [0, 0.1) is 6.92 Å². The van der Waals surface area contributed by atoms with Crippen LogP contribution < -0.4 is 0 Å². The summed E-state index contributed by atoms with van der Waals surface area (Å²) in [5, 5.41) is 19.2. The molecule has 1 aromatic carbocycles. The third kappa shape index (κ3) is 2.00. The van der Waals surface area contributed by atoms with Crippen molar-refractivity contribution in [2.45, 2.75) is 13.5 Å². The summed E-state index contributed by atoms with van der Waals surface area (Å²) in [6.07, 6.45) is 0. The monoisotopic (exact) mass is 273 g/mol. The summed E-state index contributed by atoms with van der Waals surface area (Å²) in [5.41, 5.74) is 2.58. The third-order valence-corrected chi connectivity index (χ3v) is 4.05. The number of benzene rings is 1. The Labute approximate surface area is 113 Å². The van der Waals surface area contributed by atoms with Crippen LogP contribution in [0.4, 0.5) is 0 Å². The molecule has 0 amide bonds. The molecule has 0 saturated carbocycles. The second-order valence-corrected chi connectivity index (χ2v) is 5.25. The number of hydrogen-bond acceptors (Lipinski definition) is 4. The first-order valence-corrected chi connectivity index (χ1v) is 6.63. The maximum absolute atomic E-state index is 11.1. The first-order chi connectivity index (χ1) is 9.16. The summed E-state index contributed by atoms with van der Waals surface area (Å²) in [4.78, 5) is 12.3. The summed E-state index contributed by atoms with van der Waals surface area (Å²) in [7, 11) is 0. The molecular weight excluding hydrogens is 262 g/mol. The van der Waals surface area contributed by atoms with Crippen LogP contribution in [0.1, 0.15) is 20.8 Å². The highest BCUT2D eigenvalue weighted by molar-refractivity contribution is 7.10. The number of aryl methyl sites for hydroxylation is 1. The molecule has 19 heavy (non-hydrogen) atoms. The van der Waals surface area contributed by atoms with E-state index >= 15 is 0 Å². The van der Waals surface area contributed by atoms with Crippen molar-refractivity contribution < 1.29 is 9.90 Å². The van der Waals surface area contributed by atoms with Crippen molar-refractivity contribution in [3.8, 4) is 0 Å². The lowest BCUT2D eigenvalue weighted by Gasteiger charge is -2.02. The topological polar surface area (TPSA) is 68.0 Å². The zero-order valence-electron chi connectivity index (χ0n) is 10.2. The summed E-state index contributed by atoms with van der Waals surface area (Å²) in [6, 6.07) is 7.15. The number of thiophene rings is 1. The van der Waals surface area contributed by atoms with Gasteiger partial charge in [-0.3, -0.25) is 0 Å². The van der Waals surface area contributed by atoms with Gasteiger partial charge in [0.15, 0.2) is 0 Å². The average molecular weight is 273 g/mol. The molecule has 0 fully saturated rings. The zero-order chi connectivity index (χ0) is 13.4. The van der Waals surface area contributed by atoms with Gasteiger partial charge in [-0.2, -0.15) is 0 Å². The van der Waals surface area contributed by atoms with Gasteiger partial charge in [0.1, 0.15) is 5.52 Å². The summed E-state index contributed by atoms with van der Waals surface area (Å²) in [5.74, 6) is -0.982. The highest BCUT2D eigenvalue weighted by atomic mass is 32.1. The normalized spacial score (nSPS) is 11.0.